The highest BCUT2D eigenvalue weighted by Gasteiger charge is 2.20. The summed E-state index contributed by atoms with van der Waals surface area (Å²) in [4.78, 5) is 31.0. The molecule has 0 bridgehead atoms. The number of likely N-dealkylation sites (tertiary alicyclic amines) is 1. The fraction of sp³-hybridized carbons (Fsp3) is 0.316. The molecule has 1 N–H and O–H groups in total. The molecule has 5 nitrogen and oxygen atoms in total. The molecule has 1 fully saturated rings. The molecule has 0 unspecified atom stereocenters. The van der Waals surface area contributed by atoms with E-state index in [0.29, 0.717) is 22.0 Å². The monoisotopic (exact) mass is 357 g/mol. The fourth-order valence-corrected chi connectivity index (χ4v) is 3.06. The molecule has 2 aromatic rings. The highest BCUT2D eigenvalue weighted by molar-refractivity contribution is 6.31. The summed E-state index contributed by atoms with van der Waals surface area (Å²) in [6.45, 7) is 3.34. The number of hydrogen-bond acceptors (Lipinski definition) is 3. The van der Waals surface area contributed by atoms with Crippen molar-refractivity contribution >= 4 is 29.1 Å². The SMILES string of the molecule is Cc1c(Cl)cccc1NC(=O)c1ccnc(C(=O)N2CCCCC2)c1. The van der Waals surface area contributed by atoms with Crippen molar-refractivity contribution in [3.05, 3.63) is 58.4 Å². The van der Waals surface area contributed by atoms with Crippen LogP contribution in [0.2, 0.25) is 5.02 Å². The first kappa shape index (κ1) is 17.4. The number of anilines is 1. The van der Waals surface area contributed by atoms with Crippen LogP contribution in [0.4, 0.5) is 5.69 Å². The van der Waals surface area contributed by atoms with Crippen LogP contribution in [0, 0.1) is 6.92 Å². The Kier molecular flexibility index (Phi) is 5.34. The standard InChI is InChI=1S/C19H20ClN3O2/c1-13-15(20)6-5-7-16(13)22-18(24)14-8-9-21-17(12-14)19(25)23-10-3-2-4-11-23/h5-9,12H,2-4,10-11H2,1H3,(H,22,24). The Morgan fingerprint density at radius 3 is 2.68 bits per heavy atom. The van der Waals surface area contributed by atoms with Crippen LogP contribution in [0.5, 0.6) is 0 Å². The molecular weight excluding hydrogens is 338 g/mol. The zero-order chi connectivity index (χ0) is 17.8. The van der Waals surface area contributed by atoms with E-state index in [0.717, 1.165) is 37.9 Å². The molecule has 2 heterocycles. The molecule has 1 saturated heterocycles. The van der Waals surface area contributed by atoms with Crippen LogP contribution in [-0.4, -0.2) is 34.8 Å². The van der Waals surface area contributed by atoms with Crippen molar-refractivity contribution < 1.29 is 9.59 Å². The van der Waals surface area contributed by atoms with E-state index in [1.807, 2.05) is 6.92 Å². The molecule has 1 aliphatic rings. The molecule has 6 heteroatoms. The second-order valence-corrected chi connectivity index (χ2v) is 6.56. The summed E-state index contributed by atoms with van der Waals surface area (Å²) >= 11 is 6.08. The third-order valence-corrected chi connectivity index (χ3v) is 4.81. The third-order valence-electron chi connectivity index (χ3n) is 4.40. The van der Waals surface area contributed by atoms with Crippen LogP contribution in [0.3, 0.4) is 0 Å². The van der Waals surface area contributed by atoms with Gasteiger partial charge in [-0.1, -0.05) is 17.7 Å². The number of rotatable bonds is 3. The first-order chi connectivity index (χ1) is 12.1. The van der Waals surface area contributed by atoms with Crippen molar-refractivity contribution in [2.75, 3.05) is 18.4 Å². The largest absolute Gasteiger partial charge is 0.337 e. The van der Waals surface area contributed by atoms with Crippen LogP contribution >= 0.6 is 11.6 Å². The summed E-state index contributed by atoms with van der Waals surface area (Å²) in [7, 11) is 0. The van der Waals surface area contributed by atoms with Crippen LogP contribution in [-0.2, 0) is 0 Å². The van der Waals surface area contributed by atoms with Gasteiger partial charge >= 0.3 is 0 Å². The molecule has 3 rings (SSSR count). The number of aromatic nitrogens is 1. The summed E-state index contributed by atoms with van der Waals surface area (Å²) in [5.74, 6) is -0.409. The van der Waals surface area contributed by atoms with Crippen molar-refractivity contribution in [2.24, 2.45) is 0 Å². The minimum absolute atomic E-state index is 0.117. The molecule has 130 valence electrons. The quantitative estimate of drug-likeness (QED) is 0.905. The molecule has 1 aromatic heterocycles. The number of halogens is 1. The fourth-order valence-electron chi connectivity index (χ4n) is 2.89. The molecule has 0 radical (unpaired) electrons. The maximum atomic E-state index is 12.5. The minimum Gasteiger partial charge on any atom is -0.337 e. The number of nitrogens with zero attached hydrogens (tertiary/aromatic N) is 2. The molecule has 0 atom stereocenters. The lowest BCUT2D eigenvalue weighted by Gasteiger charge is -2.26. The lowest BCUT2D eigenvalue weighted by molar-refractivity contribution is 0.0718. The summed E-state index contributed by atoms with van der Waals surface area (Å²) in [5.41, 5.74) is 2.15. The topological polar surface area (TPSA) is 62.3 Å². The van der Waals surface area contributed by atoms with Gasteiger partial charge < -0.3 is 10.2 Å². The summed E-state index contributed by atoms with van der Waals surface area (Å²) in [6.07, 6.45) is 4.68. The Morgan fingerprint density at radius 2 is 1.92 bits per heavy atom. The number of carbonyl (C=O) groups is 2. The highest BCUT2D eigenvalue weighted by atomic mass is 35.5. The molecule has 1 aromatic carbocycles. The lowest BCUT2D eigenvalue weighted by atomic mass is 10.1. The molecule has 2 amide bonds. The van der Waals surface area contributed by atoms with Gasteiger partial charge in [-0.15, -0.1) is 0 Å². The normalized spacial score (nSPS) is 14.2. The number of carbonyl (C=O) groups excluding carboxylic acids is 2. The van der Waals surface area contributed by atoms with Crippen LogP contribution < -0.4 is 5.32 Å². The number of benzene rings is 1. The van der Waals surface area contributed by atoms with E-state index in [2.05, 4.69) is 10.3 Å². The molecule has 25 heavy (non-hydrogen) atoms. The second-order valence-electron chi connectivity index (χ2n) is 6.15. The van der Waals surface area contributed by atoms with Gasteiger partial charge in [0.1, 0.15) is 5.69 Å². The van der Waals surface area contributed by atoms with Crippen LogP contribution in [0.15, 0.2) is 36.5 Å². The number of piperidine rings is 1. The predicted octanol–water partition coefficient (Wildman–Crippen LogP) is 3.92. The van der Waals surface area contributed by atoms with Gasteiger partial charge in [0.15, 0.2) is 0 Å². The zero-order valence-electron chi connectivity index (χ0n) is 14.1. The summed E-state index contributed by atoms with van der Waals surface area (Å²) < 4.78 is 0. The third kappa shape index (κ3) is 3.99. The van der Waals surface area contributed by atoms with Crippen LogP contribution in [0.1, 0.15) is 45.7 Å². The highest BCUT2D eigenvalue weighted by Crippen LogP contribution is 2.23. The Bertz CT molecular complexity index is 801. The smallest absolute Gasteiger partial charge is 0.272 e. The molecule has 0 spiro atoms. The summed E-state index contributed by atoms with van der Waals surface area (Å²) in [6, 6.07) is 8.49. The molecule has 1 aliphatic heterocycles. The first-order valence-electron chi connectivity index (χ1n) is 8.38. The van der Waals surface area contributed by atoms with E-state index in [1.54, 1.807) is 35.2 Å². The van der Waals surface area contributed by atoms with Gasteiger partial charge in [0.05, 0.1) is 0 Å². The van der Waals surface area contributed by atoms with Crippen LogP contribution in [0.25, 0.3) is 0 Å². The van der Waals surface area contributed by atoms with Crippen molar-refractivity contribution in [3.63, 3.8) is 0 Å². The molecule has 0 saturated carbocycles. The van der Waals surface area contributed by atoms with Gasteiger partial charge in [-0.3, -0.25) is 14.6 Å². The number of amides is 2. The maximum absolute atomic E-state index is 12.5. The van der Waals surface area contributed by atoms with Gasteiger partial charge in [0.2, 0.25) is 0 Å². The Balaban J connectivity index is 1.77. The Labute approximate surface area is 152 Å². The average molecular weight is 358 g/mol. The maximum Gasteiger partial charge on any atom is 0.272 e. The van der Waals surface area contributed by atoms with Crippen molar-refractivity contribution in [1.29, 1.82) is 0 Å². The van der Waals surface area contributed by atoms with Gasteiger partial charge in [-0.2, -0.15) is 0 Å². The van der Waals surface area contributed by atoms with E-state index in [9.17, 15) is 9.59 Å². The minimum atomic E-state index is -0.291. The summed E-state index contributed by atoms with van der Waals surface area (Å²) in [5, 5.41) is 3.43. The van der Waals surface area contributed by atoms with E-state index in [-0.39, 0.29) is 11.8 Å². The van der Waals surface area contributed by atoms with Gasteiger partial charge in [-0.25, -0.2) is 0 Å². The van der Waals surface area contributed by atoms with Gasteiger partial charge in [-0.05, 0) is 56.0 Å². The van der Waals surface area contributed by atoms with Crippen molar-refractivity contribution in [1.82, 2.24) is 9.88 Å². The Morgan fingerprint density at radius 1 is 1.16 bits per heavy atom. The number of nitrogens with one attached hydrogen (secondary N) is 1. The Hall–Kier alpha value is -2.40. The zero-order valence-corrected chi connectivity index (χ0v) is 14.8. The average Bonchev–Trinajstić information content (AvgIpc) is 2.65. The second kappa shape index (κ2) is 7.66. The lowest BCUT2D eigenvalue weighted by Crippen LogP contribution is -2.36. The first-order valence-corrected chi connectivity index (χ1v) is 8.76. The van der Waals surface area contributed by atoms with E-state index < -0.39 is 0 Å². The van der Waals surface area contributed by atoms with Gasteiger partial charge in [0.25, 0.3) is 11.8 Å². The predicted molar refractivity (Wildman–Crippen MR) is 98.1 cm³/mol. The van der Waals surface area contributed by atoms with E-state index >= 15 is 0 Å². The van der Waals surface area contributed by atoms with Crippen molar-refractivity contribution in [3.8, 4) is 0 Å². The van der Waals surface area contributed by atoms with Gasteiger partial charge in [0, 0.05) is 35.6 Å². The number of pyridine rings is 1. The number of hydrogen-bond donors (Lipinski definition) is 1. The van der Waals surface area contributed by atoms with E-state index in [4.69, 9.17) is 11.6 Å². The van der Waals surface area contributed by atoms with Crippen molar-refractivity contribution in [2.45, 2.75) is 26.2 Å². The molecular formula is C19H20ClN3O2. The molecule has 0 aliphatic carbocycles. The van der Waals surface area contributed by atoms with E-state index in [1.165, 1.54) is 6.20 Å².